The van der Waals surface area contributed by atoms with E-state index in [0.717, 1.165) is 27.8 Å². The van der Waals surface area contributed by atoms with E-state index in [1.807, 2.05) is 12.1 Å². The van der Waals surface area contributed by atoms with E-state index < -0.39 is 0 Å². The minimum atomic E-state index is 0.243. The highest BCUT2D eigenvalue weighted by molar-refractivity contribution is 7.00. The van der Waals surface area contributed by atoms with Crippen molar-refractivity contribution < 1.29 is 0 Å². The van der Waals surface area contributed by atoms with Crippen molar-refractivity contribution in [3.63, 3.8) is 0 Å². The Morgan fingerprint density at radius 3 is 1.69 bits per heavy atom. The van der Waals surface area contributed by atoms with Crippen LogP contribution in [0.1, 0.15) is 22.5 Å². The minimum Gasteiger partial charge on any atom is -0.315 e. The van der Waals surface area contributed by atoms with Crippen molar-refractivity contribution in [1.29, 1.82) is 0 Å². The van der Waals surface area contributed by atoms with Crippen molar-refractivity contribution >= 4 is 90.6 Å². The first-order valence-electron chi connectivity index (χ1n) is 21.4. The first-order chi connectivity index (χ1) is 30.4. The van der Waals surface area contributed by atoms with E-state index in [-0.39, 0.29) is 6.71 Å². The first kappa shape index (κ1) is 37.8. The van der Waals surface area contributed by atoms with E-state index in [0.29, 0.717) is 0 Å². The first-order valence-corrected chi connectivity index (χ1v) is 21.7. The fraction of sp³-hybridized carbons (Fsp3) is 0.0714. The molecule has 12 rings (SSSR count). The van der Waals surface area contributed by atoms with Crippen molar-refractivity contribution in [3.8, 4) is 11.4 Å². The highest BCUT2D eigenvalue weighted by atomic mass is 35.5. The van der Waals surface area contributed by atoms with Gasteiger partial charge in [-0.25, -0.2) is 0 Å². The molecule has 0 bridgehead atoms. The van der Waals surface area contributed by atoms with Crippen LogP contribution in [-0.4, -0.2) is 15.8 Å². The van der Waals surface area contributed by atoms with Gasteiger partial charge in [0, 0.05) is 61.8 Å². The molecular weight excluding hydrogens is 775 g/mol. The maximum Gasteiger partial charge on any atom is 0.252 e. The van der Waals surface area contributed by atoms with Crippen molar-refractivity contribution in [3.05, 3.63) is 222 Å². The van der Waals surface area contributed by atoms with E-state index in [2.05, 4.69) is 229 Å². The molecule has 0 unspecified atom stereocenters. The lowest BCUT2D eigenvalue weighted by molar-refractivity contribution is 1.04. The number of hydrogen-bond acceptors (Lipinski definition) is 2. The van der Waals surface area contributed by atoms with Crippen molar-refractivity contribution in [2.75, 3.05) is 9.80 Å². The number of para-hydroxylation sites is 6. The molecular formula is C56H44BClN4. The van der Waals surface area contributed by atoms with Crippen LogP contribution < -0.4 is 26.2 Å². The largest absolute Gasteiger partial charge is 0.315 e. The van der Waals surface area contributed by atoms with Crippen LogP contribution in [0.15, 0.2) is 194 Å². The normalized spacial score (nSPS) is 12.2. The predicted octanol–water partition coefficient (Wildman–Crippen LogP) is 13.2. The monoisotopic (exact) mass is 818 g/mol. The molecule has 2 aromatic heterocycles. The zero-order chi connectivity index (χ0) is 42.1. The number of nitrogens with zero attached hydrogens (tertiary/aromatic N) is 4. The number of benzene rings is 8. The summed E-state index contributed by atoms with van der Waals surface area (Å²) in [6, 6.07) is 68.7. The fourth-order valence-electron chi connectivity index (χ4n) is 10.1. The Kier molecular flexibility index (Phi) is 9.17. The molecule has 4 heterocycles. The zero-order valence-electron chi connectivity index (χ0n) is 35.2. The average Bonchev–Trinajstić information content (AvgIpc) is 3.73. The van der Waals surface area contributed by atoms with Gasteiger partial charge in [0.15, 0.2) is 0 Å². The molecule has 0 fully saturated rings. The van der Waals surface area contributed by atoms with Gasteiger partial charge in [-0.3, -0.25) is 0 Å². The molecule has 0 amide bonds. The number of fused-ring (bicyclic) bond motifs is 5. The standard InChI is InChI=1S/C28H21BN2.C28H23ClN2/c1-18-19(2)30-25-16-9-17-26-27(25)29(23-14-8-12-21(18)28(23)30)22-13-6-7-15-24(22)31(26)20-10-4-3-5-11-20;1-20-21(2)30(25-17-10-9-16-24(20)25)26-18-11-19-27(28(26)29)31(22-12-5-3-6-13-22)23-14-7-4-8-15-23/h3-17H,1-2H3;3-19H,1-2H3. The molecule has 0 saturated carbocycles. The molecule has 0 spiro atoms. The van der Waals surface area contributed by atoms with Gasteiger partial charge in [0.05, 0.1) is 21.9 Å². The Morgan fingerprint density at radius 1 is 0.435 bits per heavy atom. The third-order valence-corrected chi connectivity index (χ3v) is 13.5. The van der Waals surface area contributed by atoms with E-state index in [1.165, 1.54) is 83.5 Å². The van der Waals surface area contributed by atoms with Crippen LogP contribution in [0.4, 0.5) is 34.1 Å². The smallest absolute Gasteiger partial charge is 0.252 e. The summed E-state index contributed by atoms with van der Waals surface area (Å²) in [5, 5.41) is 3.34. The number of anilines is 6. The van der Waals surface area contributed by atoms with E-state index in [1.54, 1.807) is 0 Å². The average molecular weight is 819 g/mol. The number of aromatic nitrogens is 2. The lowest BCUT2D eigenvalue weighted by atomic mass is 9.34. The molecule has 62 heavy (non-hydrogen) atoms. The Morgan fingerprint density at radius 2 is 0.952 bits per heavy atom. The summed E-state index contributed by atoms with van der Waals surface area (Å²) in [6.07, 6.45) is 0. The highest BCUT2D eigenvalue weighted by Gasteiger charge is 2.41. The molecule has 0 N–H and O–H groups in total. The van der Waals surface area contributed by atoms with Crippen LogP contribution in [0.2, 0.25) is 5.02 Å². The lowest BCUT2D eigenvalue weighted by Crippen LogP contribution is -2.60. The zero-order valence-corrected chi connectivity index (χ0v) is 36.0. The molecule has 298 valence electrons. The summed E-state index contributed by atoms with van der Waals surface area (Å²) in [4.78, 5) is 4.64. The van der Waals surface area contributed by atoms with Gasteiger partial charge in [0.2, 0.25) is 0 Å². The van der Waals surface area contributed by atoms with Gasteiger partial charge in [0.25, 0.3) is 6.71 Å². The van der Waals surface area contributed by atoms with Gasteiger partial charge >= 0.3 is 0 Å². The Bertz CT molecular complexity index is 3280. The highest BCUT2D eigenvalue weighted by Crippen LogP contribution is 2.43. The second-order valence-corrected chi connectivity index (χ2v) is 16.7. The SMILES string of the molecule is Cc1c(C)n(-c2cccc(N(c3ccccc3)c3ccccc3)c2Cl)c2ccccc12.Cc1c(C)n2c3c(cccc13)B1c3ccccc3N(c3ccccc3)c3cccc-2c31. The minimum absolute atomic E-state index is 0.243. The second kappa shape index (κ2) is 15.1. The number of halogens is 1. The molecule has 0 saturated heterocycles. The third kappa shape index (κ3) is 5.76. The summed E-state index contributed by atoms with van der Waals surface area (Å²) in [5.74, 6) is 0. The van der Waals surface area contributed by atoms with Gasteiger partial charge in [0.1, 0.15) is 0 Å². The van der Waals surface area contributed by atoms with E-state index >= 15 is 0 Å². The summed E-state index contributed by atoms with van der Waals surface area (Å²) < 4.78 is 4.76. The number of hydrogen-bond donors (Lipinski definition) is 0. The maximum atomic E-state index is 7.16. The lowest BCUT2D eigenvalue weighted by Gasteiger charge is -2.40. The van der Waals surface area contributed by atoms with Crippen LogP contribution in [-0.2, 0) is 0 Å². The van der Waals surface area contributed by atoms with Crippen LogP contribution >= 0.6 is 11.6 Å². The van der Waals surface area contributed by atoms with Crippen LogP contribution in [0.5, 0.6) is 0 Å². The molecule has 4 nitrogen and oxygen atoms in total. The molecule has 10 aromatic rings. The topological polar surface area (TPSA) is 16.3 Å². The molecule has 2 aliphatic rings. The molecule has 8 aromatic carbocycles. The van der Waals surface area contributed by atoms with Gasteiger partial charge in [-0.05, 0) is 128 Å². The van der Waals surface area contributed by atoms with Gasteiger partial charge in [-0.1, -0.05) is 133 Å². The maximum absolute atomic E-state index is 7.16. The third-order valence-electron chi connectivity index (χ3n) is 13.1. The van der Waals surface area contributed by atoms with Crippen molar-refractivity contribution in [2.24, 2.45) is 0 Å². The molecule has 2 aliphatic heterocycles. The fourth-order valence-corrected chi connectivity index (χ4v) is 10.4. The van der Waals surface area contributed by atoms with Crippen LogP contribution in [0.3, 0.4) is 0 Å². The predicted molar refractivity (Wildman–Crippen MR) is 265 cm³/mol. The molecule has 0 radical (unpaired) electrons. The second-order valence-electron chi connectivity index (χ2n) is 16.3. The Hall–Kier alpha value is -7.21. The van der Waals surface area contributed by atoms with Gasteiger partial charge < -0.3 is 18.9 Å². The van der Waals surface area contributed by atoms with Gasteiger partial charge in [-0.15, -0.1) is 0 Å². The Labute approximate surface area is 368 Å². The van der Waals surface area contributed by atoms with E-state index in [9.17, 15) is 0 Å². The number of rotatable bonds is 5. The number of aryl methyl sites for hydroxylation is 2. The summed E-state index contributed by atoms with van der Waals surface area (Å²) in [5.41, 5.74) is 21.1. The molecule has 6 heteroatoms. The molecule has 0 aliphatic carbocycles. The van der Waals surface area contributed by atoms with E-state index in [4.69, 9.17) is 11.6 Å². The van der Waals surface area contributed by atoms with Crippen LogP contribution in [0.25, 0.3) is 33.2 Å². The quantitative estimate of drug-likeness (QED) is 0.161. The van der Waals surface area contributed by atoms with Crippen molar-refractivity contribution in [1.82, 2.24) is 9.13 Å². The van der Waals surface area contributed by atoms with Gasteiger partial charge in [-0.2, -0.15) is 0 Å². The van der Waals surface area contributed by atoms with Crippen LogP contribution in [0, 0.1) is 27.7 Å². The van der Waals surface area contributed by atoms with Crippen molar-refractivity contribution in [2.45, 2.75) is 27.7 Å². The summed E-state index contributed by atoms with van der Waals surface area (Å²) >= 11 is 7.16. The summed E-state index contributed by atoms with van der Waals surface area (Å²) in [6.45, 7) is 9.08. The molecule has 0 atom stereocenters. The summed E-state index contributed by atoms with van der Waals surface area (Å²) in [7, 11) is 0. The Balaban J connectivity index is 0.000000139.